The third-order valence-corrected chi connectivity index (χ3v) is 7.25. The number of aryl methyl sites for hydroxylation is 1. The molecular formula is C22H25N3O3S2. The Kier molecular flexibility index (Phi) is 6.70. The lowest BCUT2D eigenvalue weighted by molar-refractivity contribution is -0.268. The molecule has 30 heavy (non-hydrogen) atoms. The maximum atomic E-state index is 9.35. The lowest BCUT2D eigenvalue weighted by atomic mass is 9.91. The smallest absolute Gasteiger partial charge is 0.185 e. The van der Waals surface area contributed by atoms with Gasteiger partial charge in [-0.2, -0.15) is 0 Å². The molecule has 6 nitrogen and oxygen atoms in total. The van der Waals surface area contributed by atoms with E-state index in [1.807, 2.05) is 55.5 Å². The first-order valence-electron chi connectivity index (χ1n) is 9.82. The van der Waals surface area contributed by atoms with Crippen LogP contribution in [0.3, 0.4) is 0 Å². The van der Waals surface area contributed by atoms with Gasteiger partial charge in [-0.15, -0.1) is 10.2 Å². The number of anilines is 1. The van der Waals surface area contributed by atoms with E-state index in [1.165, 1.54) is 0 Å². The first-order chi connectivity index (χ1) is 14.5. The number of nitrogens with zero attached hydrogens (tertiary/aromatic N) is 2. The summed E-state index contributed by atoms with van der Waals surface area (Å²) in [7, 11) is 0. The topological polar surface area (TPSA) is 90.5 Å². The molecule has 0 saturated carbocycles. The van der Waals surface area contributed by atoms with E-state index in [2.05, 4.69) is 17.1 Å². The van der Waals surface area contributed by atoms with Crippen LogP contribution in [-0.4, -0.2) is 27.2 Å². The number of hydrogen-bond acceptors (Lipinski definition) is 8. The largest absolute Gasteiger partial charge is 0.399 e. The standard InChI is InChI=1S/C22H25N3O3S2/c1-13-19(12-29-22-25-24-14(2)30-22)27-21(17-4-3-5-18(23)10-17)28-20(13)16-8-6-15(11-26)7-9-16/h3-10,13,19-21,26H,11-12,23H2,1-2H3/t13-,19+,20+,21+/m1/s1. The second-order valence-electron chi connectivity index (χ2n) is 7.39. The molecule has 0 unspecified atom stereocenters. The third-order valence-electron chi connectivity index (χ3n) is 5.18. The van der Waals surface area contributed by atoms with Crippen molar-refractivity contribution in [2.24, 2.45) is 5.92 Å². The summed E-state index contributed by atoms with van der Waals surface area (Å²) in [6, 6.07) is 15.5. The Morgan fingerprint density at radius 1 is 1.10 bits per heavy atom. The zero-order valence-electron chi connectivity index (χ0n) is 16.9. The van der Waals surface area contributed by atoms with Gasteiger partial charge in [0, 0.05) is 22.9 Å². The summed E-state index contributed by atoms with van der Waals surface area (Å²) in [5.41, 5.74) is 9.52. The minimum Gasteiger partial charge on any atom is -0.399 e. The number of ether oxygens (including phenoxy) is 2. The van der Waals surface area contributed by atoms with Crippen molar-refractivity contribution in [1.29, 1.82) is 0 Å². The number of hydrogen-bond donors (Lipinski definition) is 2. The van der Waals surface area contributed by atoms with Gasteiger partial charge in [-0.05, 0) is 30.2 Å². The molecule has 0 spiro atoms. The lowest BCUT2D eigenvalue weighted by Gasteiger charge is -2.41. The summed E-state index contributed by atoms with van der Waals surface area (Å²) in [4.78, 5) is 0. The van der Waals surface area contributed by atoms with Crippen LogP contribution in [0.1, 0.15) is 41.0 Å². The fourth-order valence-electron chi connectivity index (χ4n) is 3.51. The molecule has 0 radical (unpaired) electrons. The summed E-state index contributed by atoms with van der Waals surface area (Å²) in [6.45, 7) is 4.13. The lowest BCUT2D eigenvalue weighted by Crippen LogP contribution is -2.38. The van der Waals surface area contributed by atoms with E-state index in [4.69, 9.17) is 15.2 Å². The van der Waals surface area contributed by atoms with Crippen molar-refractivity contribution in [3.8, 4) is 0 Å². The molecule has 2 aromatic carbocycles. The van der Waals surface area contributed by atoms with Gasteiger partial charge >= 0.3 is 0 Å². The maximum absolute atomic E-state index is 9.35. The fraction of sp³-hybridized carbons (Fsp3) is 0.364. The van der Waals surface area contributed by atoms with Gasteiger partial charge in [0.2, 0.25) is 0 Å². The van der Waals surface area contributed by atoms with Gasteiger partial charge in [-0.25, -0.2) is 0 Å². The van der Waals surface area contributed by atoms with Gasteiger partial charge in [0.25, 0.3) is 0 Å². The number of aliphatic hydroxyl groups excluding tert-OH is 1. The van der Waals surface area contributed by atoms with E-state index in [-0.39, 0.29) is 24.7 Å². The minimum absolute atomic E-state index is 0.0247. The molecule has 4 atom stereocenters. The van der Waals surface area contributed by atoms with Gasteiger partial charge < -0.3 is 20.3 Å². The van der Waals surface area contributed by atoms with Crippen LogP contribution >= 0.6 is 23.1 Å². The van der Waals surface area contributed by atoms with Crippen LogP contribution in [0.5, 0.6) is 0 Å². The molecule has 1 saturated heterocycles. The molecule has 158 valence electrons. The molecule has 4 rings (SSSR count). The summed E-state index contributed by atoms with van der Waals surface area (Å²) >= 11 is 3.25. The van der Waals surface area contributed by atoms with Crippen molar-refractivity contribution in [1.82, 2.24) is 10.2 Å². The number of rotatable bonds is 6. The van der Waals surface area contributed by atoms with Crippen molar-refractivity contribution in [3.05, 3.63) is 70.2 Å². The summed E-state index contributed by atoms with van der Waals surface area (Å²) in [5, 5.41) is 18.6. The molecule has 3 N–H and O–H groups in total. The molecular weight excluding hydrogens is 418 g/mol. The Morgan fingerprint density at radius 3 is 2.57 bits per heavy atom. The second kappa shape index (κ2) is 9.45. The van der Waals surface area contributed by atoms with Crippen LogP contribution in [0, 0.1) is 12.8 Å². The van der Waals surface area contributed by atoms with E-state index in [9.17, 15) is 5.11 Å². The minimum atomic E-state index is -0.506. The molecule has 0 aliphatic carbocycles. The normalized spacial score (nSPS) is 24.1. The maximum Gasteiger partial charge on any atom is 0.185 e. The van der Waals surface area contributed by atoms with E-state index in [1.54, 1.807) is 23.1 Å². The summed E-state index contributed by atoms with van der Waals surface area (Å²) < 4.78 is 13.7. The molecule has 1 aliphatic rings. The van der Waals surface area contributed by atoms with Crippen LogP contribution in [0.15, 0.2) is 52.9 Å². The van der Waals surface area contributed by atoms with Crippen molar-refractivity contribution < 1.29 is 14.6 Å². The van der Waals surface area contributed by atoms with Crippen molar-refractivity contribution in [2.45, 2.75) is 43.3 Å². The molecule has 1 fully saturated rings. The SMILES string of the molecule is Cc1nnc(SC[C@@H]2O[C@H](c3cccc(N)c3)O[C@H](c3ccc(CO)cc3)[C@@H]2C)s1. The average molecular weight is 444 g/mol. The van der Waals surface area contributed by atoms with E-state index >= 15 is 0 Å². The van der Waals surface area contributed by atoms with Crippen molar-refractivity contribution in [3.63, 3.8) is 0 Å². The van der Waals surface area contributed by atoms with E-state index in [0.717, 1.165) is 31.8 Å². The Labute approximate surface area is 184 Å². The molecule has 3 aromatic rings. The number of benzene rings is 2. The zero-order valence-corrected chi connectivity index (χ0v) is 18.5. The Morgan fingerprint density at radius 2 is 1.90 bits per heavy atom. The molecule has 8 heteroatoms. The van der Waals surface area contributed by atoms with Gasteiger partial charge in [0.1, 0.15) is 5.01 Å². The highest BCUT2D eigenvalue weighted by Crippen LogP contribution is 2.43. The van der Waals surface area contributed by atoms with Crippen LogP contribution < -0.4 is 5.73 Å². The number of nitrogens with two attached hydrogens (primary N) is 1. The fourth-order valence-corrected chi connectivity index (χ4v) is 5.51. The van der Waals surface area contributed by atoms with E-state index < -0.39 is 6.29 Å². The highest BCUT2D eigenvalue weighted by molar-refractivity contribution is 8.01. The number of aromatic nitrogens is 2. The molecule has 1 aromatic heterocycles. The number of thioether (sulfide) groups is 1. The first kappa shape index (κ1) is 21.3. The zero-order chi connectivity index (χ0) is 21.1. The molecule has 2 heterocycles. The highest BCUT2D eigenvalue weighted by atomic mass is 32.2. The predicted octanol–water partition coefficient (Wildman–Crippen LogP) is 4.50. The van der Waals surface area contributed by atoms with Crippen LogP contribution in [0.4, 0.5) is 5.69 Å². The van der Waals surface area contributed by atoms with Gasteiger partial charge in [-0.3, -0.25) is 0 Å². The first-order valence-corrected chi connectivity index (χ1v) is 11.6. The second-order valence-corrected chi connectivity index (χ2v) is 9.84. The van der Waals surface area contributed by atoms with Crippen molar-refractivity contribution in [2.75, 3.05) is 11.5 Å². The highest BCUT2D eigenvalue weighted by Gasteiger charge is 2.38. The molecule has 0 bridgehead atoms. The van der Waals surface area contributed by atoms with Gasteiger partial charge in [-0.1, -0.05) is 66.4 Å². The number of nitrogen functional groups attached to an aromatic ring is 1. The van der Waals surface area contributed by atoms with Crippen LogP contribution in [0.2, 0.25) is 0 Å². The third kappa shape index (κ3) is 4.84. The van der Waals surface area contributed by atoms with E-state index in [0.29, 0.717) is 5.69 Å². The quantitative estimate of drug-likeness (QED) is 0.428. The predicted molar refractivity (Wildman–Crippen MR) is 119 cm³/mol. The number of aliphatic hydroxyl groups is 1. The average Bonchev–Trinajstić information content (AvgIpc) is 3.18. The summed E-state index contributed by atoms with van der Waals surface area (Å²) in [6.07, 6.45) is -0.685. The monoisotopic (exact) mass is 443 g/mol. The summed E-state index contributed by atoms with van der Waals surface area (Å²) in [5.74, 6) is 0.882. The molecule has 1 aliphatic heterocycles. The van der Waals surface area contributed by atoms with Crippen molar-refractivity contribution >= 4 is 28.8 Å². The van der Waals surface area contributed by atoms with Crippen LogP contribution in [0.25, 0.3) is 0 Å². The van der Waals surface area contributed by atoms with Crippen LogP contribution in [-0.2, 0) is 16.1 Å². The Hall–Kier alpha value is -1.97. The van der Waals surface area contributed by atoms with Gasteiger partial charge in [0.15, 0.2) is 10.6 Å². The Bertz CT molecular complexity index is 980. The molecule has 0 amide bonds. The Balaban J connectivity index is 1.58. The van der Waals surface area contributed by atoms with Gasteiger partial charge in [0.05, 0.1) is 18.8 Å².